The molecular formula is C22H17N3O5. The molecule has 0 saturated carbocycles. The first-order valence-electron chi connectivity index (χ1n) is 9.11. The Morgan fingerprint density at radius 3 is 2.63 bits per heavy atom. The molecule has 150 valence electrons. The lowest BCUT2D eigenvalue weighted by atomic mass is 10.0. The van der Waals surface area contributed by atoms with Crippen LogP contribution in [-0.4, -0.2) is 28.6 Å². The summed E-state index contributed by atoms with van der Waals surface area (Å²) < 4.78 is 5.37. The topological polar surface area (TPSA) is 112 Å². The van der Waals surface area contributed by atoms with Crippen molar-refractivity contribution < 1.29 is 23.9 Å². The molecule has 30 heavy (non-hydrogen) atoms. The fourth-order valence-corrected chi connectivity index (χ4v) is 3.23. The van der Waals surface area contributed by atoms with E-state index in [0.717, 1.165) is 10.6 Å². The molecule has 1 aliphatic rings. The molecule has 2 aromatic carbocycles. The van der Waals surface area contributed by atoms with E-state index in [2.05, 4.69) is 10.4 Å². The molecule has 1 atom stereocenters. The van der Waals surface area contributed by atoms with Crippen LogP contribution in [0.1, 0.15) is 17.3 Å². The summed E-state index contributed by atoms with van der Waals surface area (Å²) >= 11 is 0. The van der Waals surface area contributed by atoms with Crippen LogP contribution in [0.5, 0.6) is 0 Å². The Labute approximate surface area is 171 Å². The Morgan fingerprint density at radius 1 is 1.10 bits per heavy atom. The van der Waals surface area contributed by atoms with Crippen molar-refractivity contribution in [2.75, 3.05) is 10.3 Å². The Balaban J connectivity index is 1.54. The van der Waals surface area contributed by atoms with Gasteiger partial charge in [-0.3, -0.25) is 9.59 Å². The maximum atomic E-state index is 12.9. The zero-order chi connectivity index (χ0) is 21.3. The largest absolute Gasteiger partial charge is 0.478 e. The molecule has 0 spiro atoms. The second-order valence-electron chi connectivity index (χ2n) is 6.73. The smallest absolute Gasteiger partial charge is 0.335 e. The summed E-state index contributed by atoms with van der Waals surface area (Å²) in [6.07, 6.45) is 1.56. The van der Waals surface area contributed by atoms with Gasteiger partial charge >= 0.3 is 5.97 Å². The van der Waals surface area contributed by atoms with E-state index in [0.29, 0.717) is 17.2 Å². The summed E-state index contributed by atoms with van der Waals surface area (Å²) in [7, 11) is 0. The highest BCUT2D eigenvalue weighted by molar-refractivity contribution is 6.28. The second kappa shape index (κ2) is 7.67. The number of carbonyl (C=O) groups is 3. The number of carboxylic acids is 1. The highest BCUT2D eigenvalue weighted by Gasteiger charge is 2.40. The Morgan fingerprint density at radius 2 is 1.90 bits per heavy atom. The maximum absolute atomic E-state index is 12.9. The normalized spacial score (nSPS) is 15.8. The van der Waals surface area contributed by atoms with E-state index in [1.165, 1.54) is 18.2 Å². The minimum absolute atomic E-state index is 0.0239. The van der Waals surface area contributed by atoms with Crippen molar-refractivity contribution in [1.29, 1.82) is 0 Å². The number of anilines is 2. The molecule has 0 aliphatic carbocycles. The quantitative estimate of drug-likeness (QED) is 0.632. The molecule has 2 N–H and O–H groups in total. The third kappa shape index (κ3) is 3.58. The summed E-state index contributed by atoms with van der Waals surface area (Å²) in [5.41, 5.74) is 1.93. The fraction of sp³-hybridized carbons (Fsp3) is 0.0909. The van der Waals surface area contributed by atoms with Gasteiger partial charge in [-0.05, 0) is 49.4 Å². The van der Waals surface area contributed by atoms with Gasteiger partial charge in [-0.2, -0.15) is 10.1 Å². The molecule has 1 aromatic heterocycles. The van der Waals surface area contributed by atoms with Gasteiger partial charge in [0.25, 0.3) is 5.91 Å². The van der Waals surface area contributed by atoms with Gasteiger partial charge in [0.1, 0.15) is 5.76 Å². The van der Waals surface area contributed by atoms with E-state index in [4.69, 9.17) is 9.52 Å². The molecule has 4 rings (SSSR count). The van der Waals surface area contributed by atoms with Gasteiger partial charge in [0, 0.05) is 11.3 Å². The molecule has 2 amide bonds. The molecule has 2 heterocycles. The number of carboxylic acid groups (broad SMARTS) is 1. The van der Waals surface area contributed by atoms with Crippen LogP contribution in [0.3, 0.4) is 0 Å². The number of furan rings is 1. The summed E-state index contributed by atoms with van der Waals surface area (Å²) in [5, 5.41) is 17.1. The first-order valence-corrected chi connectivity index (χ1v) is 9.11. The highest BCUT2D eigenvalue weighted by atomic mass is 16.4. The Bertz CT molecular complexity index is 1170. The predicted molar refractivity (Wildman–Crippen MR) is 110 cm³/mol. The number of nitrogens with zero attached hydrogens (tertiary/aromatic N) is 2. The number of hydrogen-bond acceptors (Lipinski definition) is 5. The van der Waals surface area contributed by atoms with Crippen LogP contribution < -0.4 is 10.3 Å². The van der Waals surface area contributed by atoms with Gasteiger partial charge in [-0.25, -0.2) is 4.79 Å². The maximum Gasteiger partial charge on any atom is 0.335 e. The first kappa shape index (κ1) is 19.1. The third-order valence-corrected chi connectivity index (χ3v) is 4.67. The van der Waals surface area contributed by atoms with Crippen LogP contribution in [0.2, 0.25) is 0 Å². The monoisotopic (exact) mass is 403 g/mol. The van der Waals surface area contributed by atoms with Crippen molar-refractivity contribution in [2.45, 2.75) is 6.92 Å². The van der Waals surface area contributed by atoms with Gasteiger partial charge in [-0.15, -0.1) is 0 Å². The molecule has 1 unspecified atom stereocenters. The van der Waals surface area contributed by atoms with E-state index in [-0.39, 0.29) is 11.3 Å². The van der Waals surface area contributed by atoms with Crippen molar-refractivity contribution in [3.05, 3.63) is 72.5 Å². The zero-order valence-electron chi connectivity index (χ0n) is 15.9. The van der Waals surface area contributed by atoms with Crippen LogP contribution >= 0.6 is 0 Å². The van der Waals surface area contributed by atoms with Gasteiger partial charge in [0.05, 0.1) is 23.2 Å². The number of amides is 2. The van der Waals surface area contributed by atoms with Crippen molar-refractivity contribution in [3.63, 3.8) is 0 Å². The van der Waals surface area contributed by atoms with Crippen molar-refractivity contribution in [1.82, 2.24) is 0 Å². The van der Waals surface area contributed by atoms with Gasteiger partial charge in [0.2, 0.25) is 5.91 Å². The van der Waals surface area contributed by atoms with Crippen LogP contribution in [0, 0.1) is 5.92 Å². The van der Waals surface area contributed by atoms with Crippen LogP contribution in [-0.2, 0) is 9.59 Å². The number of hydrazone groups is 1. The van der Waals surface area contributed by atoms with E-state index in [1.54, 1.807) is 49.6 Å². The lowest BCUT2D eigenvalue weighted by Crippen LogP contribution is -2.36. The highest BCUT2D eigenvalue weighted by Crippen LogP contribution is 2.27. The lowest BCUT2D eigenvalue weighted by Gasteiger charge is -2.15. The predicted octanol–water partition coefficient (Wildman–Crippen LogP) is 3.62. The minimum Gasteiger partial charge on any atom is -0.478 e. The lowest BCUT2D eigenvalue weighted by molar-refractivity contribution is -0.127. The van der Waals surface area contributed by atoms with E-state index >= 15 is 0 Å². The number of rotatable bonds is 5. The molecule has 8 heteroatoms. The van der Waals surface area contributed by atoms with Gasteiger partial charge in [0.15, 0.2) is 5.92 Å². The molecule has 0 radical (unpaired) electrons. The molecule has 8 nitrogen and oxygen atoms in total. The first-order chi connectivity index (χ1) is 14.4. The van der Waals surface area contributed by atoms with Crippen molar-refractivity contribution in [3.8, 4) is 11.3 Å². The number of benzene rings is 2. The van der Waals surface area contributed by atoms with Crippen LogP contribution in [0.4, 0.5) is 11.4 Å². The van der Waals surface area contributed by atoms with Gasteiger partial charge in [-0.1, -0.05) is 18.2 Å². The molecule has 0 bridgehead atoms. The number of aromatic carboxylic acids is 1. The van der Waals surface area contributed by atoms with Crippen LogP contribution in [0.25, 0.3) is 11.3 Å². The summed E-state index contributed by atoms with van der Waals surface area (Å²) in [5.74, 6) is -2.63. The van der Waals surface area contributed by atoms with Gasteiger partial charge < -0.3 is 14.8 Å². The average Bonchev–Trinajstić information content (AvgIpc) is 3.36. The number of hydrogen-bond donors (Lipinski definition) is 2. The SMILES string of the molecule is CC1=NN(c2cccc(C(=O)O)c2)C(=O)C1C(=O)Nc1cccc(-c2ccco2)c1. The third-order valence-electron chi connectivity index (χ3n) is 4.67. The Kier molecular flexibility index (Phi) is 4.89. The number of carbonyl (C=O) groups excluding carboxylic acids is 2. The minimum atomic E-state index is -1.12. The molecule has 3 aromatic rings. The standard InChI is InChI=1S/C22H17N3O5/c1-13-19(21(27)25(24-13)17-8-3-6-15(12-17)22(28)29)20(26)23-16-7-2-5-14(11-16)18-9-4-10-30-18/h2-12,19H,1H3,(H,23,26)(H,28,29). The second-order valence-corrected chi connectivity index (χ2v) is 6.73. The molecule has 1 aliphatic heterocycles. The Hall–Kier alpha value is -4.20. The van der Waals surface area contributed by atoms with Crippen molar-refractivity contribution >= 4 is 34.9 Å². The van der Waals surface area contributed by atoms with Crippen molar-refractivity contribution in [2.24, 2.45) is 11.0 Å². The fourth-order valence-electron chi connectivity index (χ4n) is 3.23. The summed E-state index contributed by atoms with van der Waals surface area (Å²) in [4.78, 5) is 36.9. The van der Waals surface area contributed by atoms with Crippen LogP contribution in [0.15, 0.2) is 76.4 Å². The zero-order valence-corrected chi connectivity index (χ0v) is 15.9. The van der Waals surface area contributed by atoms with E-state index < -0.39 is 23.7 Å². The van der Waals surface area contributed by atoms with E-state index in [1.807, 2.05) is 6.07 Å². The average molecular weight is 403 g/mol. The molecular weight excluding hydrogens is 386 g/mol. The molecule has 0 saturated heterocycles. The van der Waals surface area contributed by atoms with E-state index in [9.17, 15) is 14.4 Å². The molecule has 0 fully saturated rings. The summed E-state index contributed by atoms with van der Waals surface area (Å²) in [6, 6.07) is 16.5. The number of nitrogens with one attached hydrogen (secondary N) is 1. The summed E-state index contributed by atoms with van der Waals surface area (Å²) in [6.45, 7) is 1.59.